The molecule has 0 aromatic heterocycles. The molecule has 1 aromatic carbocycles. The average Bonchev–Trinajstić information content (AvgIpc) is 3.04. The summed E-state index contributed by atoms with van der Waals surface area (Å²) in [6, 6.07) is 5.28. The molecule has 0 unspecified atom stereocenters. The molecule has 2 bridgehead atoms. The quantitative estimate of drug-likeness (QED) is 0.813. The first-order valence-electron chi connectivity index (χ1n) is 7.01. The minimum atomic E-state index is -0.260. The van der Waals surface area contributed by atoms with E-state index in [1.54, 1.807) is 18.2 Å². The predicted octanol–water partition coefficient (Wildman–Crippen LogP) is 3.24. The van der Waals surface area contributed by atoms with Gasteiger partial charge in [-0.15, -0.1) is 0 Å². The molecule has 1 heterocycles. The summed E-state index contributed by atoms with van der Waals surface area (Å²) in [5.41, 5.74) is 0.652. The fraction of sp³-hybridized carbons (Fsp3) is 0.467. The normalized spacial score (nSPS) is 35.9. The molecule has 110 valence electrons. The van der Waals surface area contributed by atoms with E-state index in [1.165, 1.54) is 0 Å². The lowest BCUT2D eigenvalue weighted by molar-refractivity contribution is -0.145. The van der Waals surface area contributed by atoms with Gasteiger partial charge in [0.15, 0.2) is 0 Å². The molecule has 0 radical (unpaired) electrons. The van der Waals surface area contributed by atoms with Crippen LogP contribution in [0.25, 0.3) is 0 Å². The zero-order chi connectivity index (χ0) is 14.7. The maximum absolute atomic E-state index is 12.6. The van der Waals surface area contributed by atoms with Crippen LogP contribution in [0.1, 0.15) is 12.8 Å². The zero-order valence-corrected chi connectivity index (χ0v) is 13.4. The van der Waals surface area contributed by atoms with Gasteiger partial charge >= 0.3 is 5.97 Å². The zero-order valence-electron chi connectivity index (χ0n) is 11.0. The van der Waals surface area contributed by atoms with E-state index in [-0.39, 0.29) is 41.7 Å². The number of rotatable bonds is 2. The fourth-order valence-electron chi connectivity index (χ4n) is 4.16. The van der Waals surface area contributed by atoms with Gasteiger partial charge in [-0.25, -0.2) is 0 Å². The number of carbonyl (C=O) groups is 2. The van der Waals surface area contributed by atoms with E-state index in [0.29, 0.717) is 10.7 Å². The molecule has 1 amide bonds. The van der Waals surface area contributed by atoms with Gasteiger partial charge in [0, 0.05) is 16.1 Å². The molecule has 2 aliphatic carbocycles. The van der Waals surface area contributed by atoms with Crippen LogP contribution in [0.5, 0.6) is 0 Å². The first kappa shape index (κ1) is 13.6. The Labute approximate surface area is 135 Å². The van der Waals surface area contributed by atoms with Crippen molar-refractivity contribution in [2.24, 2.45) is 23.7 Å². The highest BCUT2D eigenvalue weighted by Gasteiger charge is 2.63. The standard InChI is InChI=1S/C15H13BrClNO3/c16-9-2-1-7(5-10(9)17)18-14(19)12-6-3-8-11(4-6)21-15(20)13(8)12/h1-2,5-6,8,11-13H,3-4H2,(H,18,19)/t6-,8+,11-,12-,13-/m1/s1. The summed E-state index contributed by atoms with van der Waals surface area (Å²) in [6.07, 6.45) is 1.81. The molecule has 4 nitrogen and oxygen atoms in total. The Kier molecular flexibility index (Phi) is 3.05. The van der Waals surface area contributed by atoms with Gasteiger partial charge in [0.1, 0.15) is 6.10 Å². The third-order valence-electron chi connectivity index (χ3n) is 4.97. The van der Waals surface area contributed by atoms with E-state index in [2.05, 4.69) is 21.2 Å². The van der Waals surface area contributed by atoms with Gasteiger partial charge in [0.25, 0.3) is 0 Å². The summed E-state index contributed by atoms with van der Waals surface area (Å²) in [6.45, 7) is 0. The summed E-state index contributed by atoms with van der Waals surface area (Å²) in [5.74, 6) is -0.292. The number of nitrogens with one attached hydrogen (secondary N) is 1. The van der Waals surface area contributed by atoms with Gasteiger partial charge in [0.05, 0.1) is 16.9 Å². The molecule has 1 aromatic rings. The Balaban J connectivity index is 1.55. The number of halogens is 2. The third kappa shape index (κ3) is 2.01. The summed E-state index contributed by atoms with van der Waals surface area (Å²) in [4.78, 5) is 24.5. The maximum Gasteiger partial charge on any atom is 0.310 e. The van der Waals surface area contributed by atoms with Crippen LogP contribution < -0.4 is 5.32 Å². The van der Waals surface area contributed by atoms with Gasteiger partial charge < -0.3 is 10.1 Å². The van der Waals surface area contributed by atoms with Crippen LogP contribution in [0, 0.1) is 23.7 Å². The highest BCUT2D eigenvalue weighted by molar-refractivity contribution is 9.10. The molecular formula is C15H13BrClNO3. The SMILES string of the molecule is O=C(Nc1ccc(Br)c(Cl)c1)[C@@H]1[C@@H]2C[C@@H]3[C@H]1C(=O)O[C@@H]3C2. The minimum Gasteiger partial charge on any atom is -0.462 e. The van der Waals surface area contributed by atoms with E-state index in [4.69, 9.17) is 16.3 Å². The Morgan fingerprint density at radius 1 is 1.38 bits per heavy atom. The van der Waals surface area contributed by atoms with Crippen molar-refractivity contribution in [3.05, 3.63) is 27.7 Å². The van der Waals surface area contributed by atoms with Crippen LogP contribution in [0.3, 0.4) is 0 Å². The molecule has 3 aliphatic rings. The Morgan fingerprint density at radius 3 is 2.95 bits per heavy atom. The van der Waals surface area contributed by atoms with Crippen molar-refractivity contribution in [2.45, 2.75) is 18.9 Å². The molecular weight excluding hydrogens is 358 g/mol. The van der Waals surface area contributed by atoms with Crippen molar-refractivity contribution in [3.8, 4) is 0 Å². The molecule has 6 heteroatoms. The van der Waals surface area contributed by atoms with E-state index < -0.39 is 0 Å². The van der Waals surface area contributed by atoms with E-state index >= 15 is 0 Å². The number of fused-ring (bicyclic) bond motifs is 1. The van der Waals surface area contributed by atoms with Gasteiger partial charge in [-0.05, 0) is 52.9 Å². The largest absolute Gasteiger partial charge is 0.462 e. The van der Waals surface area contributed by atoms with Gasteiger partial charge in [0.2, 0.25) is 5.91 Å². The van der Waals surface area contributed by atoms with Crippen molar-refractivity contribution in [3.63, 3.8) is 0 Å². The summed E-state index contributed by atoms with van der Waals surface area (Å²) >= 11 is 9.35. The van der Waals surface area contributed by atoms with Crippen LogP contribution in [0.15, 0.2) is 22.7 Å². The number of hydrogen-bond acceptors (Lipinski definition) is 3. The second-order valence-electron chi connectivity index (χ2n) is 6.04. The number of amides is 1. The Morgan fingerprint density at radius 2 is 2.19 bits per heavy atom. The van der Waals surface area contributed by atoms with Crippen molar-refractivity contribution < 1.29 is 14.3 Å². The molecule has 1 saturated heterocycles. The molecule has 5 atom stereocenters. The van der Waals surface area contributed by atoms with Crippen molar-refractivity contribution >= 4 is 45.1 Å². The lowest BCUT2D eigenvalue weighted by Gasteiger charge is -2.23. The van der Waals surface area contributed by atoms with Crippen molar-refractivity contribution in [1.29, 1.82) is 0 Å². The lowest BCUT2D eigenvalue weighted by atomic mass is 9.79. The maximum atomic E-state index is 12.6. The third-order valence-corrected chi connectivity index (χ3v) is 6.21. The number of anilines is 1. The van der Waals surface area contributed by atoms with Crippen molar-refractivity contribution in [1.82, 2.24) is 0 Å². The van der Waals surface area contributed by atoms with Crippen LogP contribution in [0.4, 0.5) is 5.69 Å². The molecule has 4 rings (SSSR count). The molecule has 1 N–H and O–H groups in total. The van der Waals surface area contributed by atoms with Crippen LogP contribution >= 0.6 is 27.5 Å². The van der Waals surface area contributed by atoms with E-state index in [0.717, 1.165) is 17.3 Å². The average molecular weight is 371 g/mol. The van der Waals surface area contributed by atoms with E-state index in [9.17, 15) is 9.59 Å². The number of esters is 1. The Bertz CT molecular complexity index is 648. The number of ether oxygens (including phenoxy) is 1. The highest BCUT2D eigenvalue weighted by Crippen LogP contribution is 2.57. The number of carbonyl (C=O) groups excluding carboxylic acids is 2. The predicted molar refractivity (Wildman–Crippen MR) is 80.9 cm³/mol. The number of benzene rings is 1. The second kappa shape index (κ2) is 4.71. The smallest absolute Gasteiger partial charge is 0.310 e. The number of hydrogen-bond donors (Lipinski definition) is 1. The molecule has 2 saturated carbocycles. The van der Waals surface area contributed by atoms with Crippen LogP contribution in [-0.2, 0) is 14.3 Å². The van der Waals surface area contributed by atoms with Crippen molar-refractivity contribution in [2.75, 3.05) is 5.32 Å². The summed E-state index contributed by atoms with van der Waals surface area (Å²) in [5, 5.41) is 3.43. The molecule has 0 spiro atoms. The first-order chi connectivity index (χ1) is 10.0. The minimum absolute atomic E-state index is 0.0543. The van der Waals surface area contributed by atoms with Gasteiger partial charge in [-0.1, -0.05) is 11.6 Å². The Hall–Kier alpha value is -1.07. The topological polar surface area (TPSA) is 55.4 Å². The van der Waals surface area contributed by atoms with Gasteiger partial charge in [-0.3, -0.25) is 9.59 Å². The van der Waals surface area contributed by atoms with E-state index in [1.807, 2.05) is 0 Å². The first-order valence-corrected chi connectivity index (χ1v) is 8.18. The lowest BCUT2D eigenvalue weighted by Crippen LogP contribution is -2.35. The fourth-order valence-corrected chi connectivity index (χ4v) is 4.59. The molecule has 1 aliphatic heterocycles. The summed E-state index contributed by atoms with van der Waals surface area (Å²) in [7, 11) is 0. The second-order valence-corrected chi connectivity index (χ2v) is 7.30. The van der Waals surface area contributed by atoms with Crippen LogP contribution in [0.2, 0.25) is 5.02 Å². The molecule has 21 heavy (non-hydrogen) atoms. The van der Waals surface area contributed by atoms with Crippen LogP contribution in [-0.4, -0.2) is 18.0 Å². The monoisotopic (exact) mass is 369 g/mol. The van der Waals surface area contributed by atoms with Gasteiger partial charge in [-0.2, -0.15) is 0 Å². The highest BCUT2D eigenvalue weighted by atomic mass is 79.9. The summed E-state index contributed by atoms with van der Waals surface area (Å²) < 4.78 is 6.14. The molecule has 3 fully saturated rings.